The number of amides is 5. The molecule has 4 N–H and O–H groups in total. The van der Waals surface area contributed by atoms with Crippen molar-refractivity contribution < 1.29 is 33.5 Å². The third kappa shape index (κ3) is 9.77. The van der Waals surface area contributed by atoms with Crippen LogP contribution in [0.5, 0.6) is 0 Å². The number of carbonyl (C=O) groups excluding carboxylic acids is 6. The number of likely N-dealkylation sites (tertiary alicyclic amines) is 1. The molecule has 5 amide bonds. The summed E-state index contributed by atoms with van der Waals surface area (Å²) in [5.41, 5.74) is 0.325. The molecule has 0 radical (unpaired) electrons. The Balaban J connectivity index is 1.48. The van der Waals surface area contributed by atoms with Crippen molar-refractivity contribution in [1.29, 1.82) is 0 Å². The lowest BCUT2D eigenvalue weighted by Gasteiger charge is -2.32. The number of hydrogen-bond acceptors (Lipinski definition) is 8. The molecule has 14 heteroatoms. The van der Waals surface area contributed by atoms with Crippen LogP contribution in [0.3, 0.4) is 0 Å². The van der Waals surface area contributed by atoms with Gasteiger partial charge < -0.3 is 35.5 Å². The van der Waals surface area contributed by atoms with Crippen molar-refractivity contribution in [3.05, 3.63) is 90.0 Å². The fraction of sp³-hybridized carbons (Fsp3) is 0.417. The number of hydrogen-bond donors (Lipinski definition) is 4. The van der Waals surface area contributed by atoms with Gasteiger partial charge in [0.15, 0.2) is 0 Å². The lowest BCUT2D eigenvalue weighted by Crippen LogP contribution is -2.61. The molecule has 14 nitrogen and oxygen atoms in total. The molecule has 0 bridgehead atoms. The van der Waals surface area contributed by atoms with Crippen molar-refractivity contribution in [2.45, 2.75) is 76.2 Å². The second-order valence-corrected chi connectivity index (χ2v) is 12.9. The predicted octanol–water partition coefficient (Wildman–Crippen LogP) is 1.11. The first kappa shape index (κ1) is 37.3. The Morgan fingerprint density at radius 3 is 2.18 bits per heavy atom. The number of nitrogens with one attached hydrogen (secondary N) is 4. The van der Waals surface area contributed by atoms with Gasteiger partial charge in [0.05, 0.1) is 19.1 Å². The highest BCUT2D eigenvalue weighted by Crippen LogP contribution is 2.22. The highest BCUT2D eigenvalue weighted by molar-refractivity contribution is 5.98. The maximum Gasteiger partial charge on any atom is 0.328 e. The number of benzene rings is 2. The van der Waals surface area contributed by atoms with E-state index in [0.29, 0.717) is 30.6 Å². The van der Waals surface area contributed by atoms with E-state index in [0.717, 1.165) is 5.56 Å². The van der Waals surface area contributed by atoms with E-state index in [4.69, 9.17) is 4.74 Å². The van der Waals surface area contributed by atoms with E-state index in [1.165, 1.54) is 32.8 Å². The van der Waals surface area contributed by atoms with Gasteiger partial charge in [0, 0.05) is 39.6 Å². The van der Waals surface area contributed by atoms with Gasteiger partial charge in [-0.15, -0.1) is 0 Å². The molecule has 1 aliphatic heterocycles. The van der Waals surface area contributed by atoms with E-state index >= 15 is 0 Å². The first-order valence-corrected chi connectivity index (χ1v) is 16.4. The van der Waals surface area contributed by atoms with Gasteiger partial charge in [0.2, 0.25) is 29.5 Å². The van der Waals surface area contributed by atoms with Crippen LogP contribution in [0.4, 0.5) is 0 Å². The molecule has 266 valence electrons. The standard InChI is InChI=1S/C36H45N7O7/c1-23(44)38-27(20-26-21-42(4)22-37-26)33(47)43-18-12-17-29(43)31(45)41-36(2,3)35(49)40-30(25-15-10-7-11-16-25)32(46)39-28(34(48)50-5)19-24-13-8-6-9-14-24/h6-11,13-16,21-22,27-30H,12,17-20H2,1-5H3,(H,38,44)(H,39,46)(H,40,49)(H,41,45)/t27-,28+,29+,30-/m0/s1. The van der Waals surface area contributed by atoms with Crippen LogP contribution in [0.15, 0.2) is 73.2 Å². The number of carbonyl (C=O) groups is 6. The molecule has 2 aromatic carbocycles. The summed E-state index contributed by atoms with van der Waals surface area (Å²) in [4.78, 5) is 85.3. The van der Waals surface area contributed by atoms with Gasteiger partial charge in [-0.3, -0.25) is 24.0 Å². The summed E-state index contributed by atoms with van der Waals surface area (Å²) in [5, 5.41) is 10.9. The van der Waals surface area contributed by atoms with Gasteiger partial charge in [-0.25, -0.2) is 9.78 Å². The first-order valence-electron chi connectivity index (χ1n) is 16.4. The van der Waals surface area contributed by atoms with Crippen LogP contribution in [-0.4, -0.2) is 87.3 Å². The van der Waals surface area contributed by atoms with Crippen molar-refractivity contribution >= 4 is 35.5 Å². The molecule has 1 aromatic heterocycles. The summed E-state index contributed by atoms with van der Waals surface area (Å²) in [6.07, 6.45) is 4.56. The predicted molar refractivity (Wildman–Crippen MR) is 183 cm³/mol. The fourth-order valence-corrected chi connectivity index (χ4v) is 5.88. The number of ether oxygens (including phenoxy) is 1. The molecule has 0 spiro atoms. The molecule has 0 unspecified atom stereocenters. The third-order valence-electron chi connectivity index (χ3n) is 8.44. The van der Waals surface area contributed by atoms with Gasteiger partial charge >= 0.3 is 5.97 Å². The van der Waals surface area contributed by atoms with Gasteiger partial charge in [-0.2, -0.15) is 0 Å². The number of rotatable bonds is 14. The number of aromatic nitrogens is 2. The summed E-state index contributed by atoms with van der Waals surface area (Å²) in [5.74, 6) is -3.35. The van der Waals surface area contributed by atoms with Crippen molar-refractivity contribution in [2.75, 3.05) is 13.7 Å². The van der Waals surface area contributed by atoms with Crippen LogP contribution >= 0.6 is 0 Å². The minimum Gasteiger partial charge on any atom is -0.467 e. The summed E-state index contributed by atoms with van der Waals surface area (Å²) in [7, 11) is 3.03. The normalized spacial score (nSPS) is 16.0. The smallest absolute Gasteiger partial charge is 0.328 e. The number of methoxy groups -OCH3 is 1. The molecule has 4 atom stereocenters. The first-order chi connectivity index (χ1) is 23.8. The quantitative estimate of drug-likeness (QED) is 0.182. The molecule has 50 heavy (non-hydrogen) atoms. The molecule has 1 saturated heterocycles. The Morgan fingerprint density at radius 2 is 1.58 bits per heavy atom. The molecule has 0 aliphatic carbocycles. The monoisotopic (exact) mass is 687 g/mol. The van der Waals surface area contributed by atoms with Crippen molar-refractivity contribution in [3.8, 4) is 0 Å². The van der Waals surface area contributed by atoms with Gasteiger partial charge in [-0.1, -0.05) is 60.7 Å². The summed E-state index contributed by atoms with van der Waals surface area (Å²) in [6.45, 7) is 4.60. The summed E-state index contributed by atoms with van der Waals surface area (Å²) < 4.78 is 6.68. The van der Waals surface area contributed by atoms with Gasteiger partial charge in [0.1, 0.15) is 29.7 Å². The maximum atomic E-state index is 13.8. The minimum atomic E-state index is -1.53. The van der Waals surface area contributed by atoms with Crippen LogP contribution in [-0.2, 0) is 53.4 Å². The number of imidazole rings is 1. The van der Waals surface area contributed by atoms with E-state index in [1.54, 1.807) is 54.5 Å². The van der Waals surface area contributed by atoms with Crippen LogP contribution in [0, 0.1) is 0 Å². The average Bonchev–Trinajstić information content (AvgIpc) is 3.75. The highest BCUT2D eigenvalue weighted by Gasteiger charge is 2.41. The second kappa shape index (κ2) is 16.7. The molecule has 1 aliphatic rings. The van der Waals surface area contributed by atoms with Crippen LogP contribution < -0.4 is 21.3 Å². The number of aryl methyl sites for hydroxylation is 1. The SMILES string of the molecule is COC(=O)[C@@H](Cc1ccccc1)NC(=O)[C@@H](NC(=O)C(C)(C)NC(=O)[C@H]1CCCN1C(=O)[C@H](Cc1cn(C)cn1)NC(C)=O)c1ccccc1. The van der Waals surface area contributed by atoms with E-state index < -0.39 is 65.2 Å². The Hall–Kier alpha value is -5.53. The van der Waals surface area contributed by atoms with E-state index in [-0.39, 0.29) is 12.8 Å². The Morgan fingerprint density at radius 1 is 0.920 bits per heavy atom. The zero-order valence-electron chi connectivity index (χ0n) is 29.0. The summed E-state index contributed by atoms with van der Waals surface area (Å²) in [6, 6.07) is 13.6. The Labute approximate surface area is 291 Å². The van der Waals surface area contributed by atoms with Crippen molar-refractivity contribution in [1.82, 2.24) is 35.7 Å². The van der Waals surface area contributed by atoms with Crippen LogP contribution in [0.25, 0.3) is 0 Å². The van der Waals surface area contributed by atoms with Crippen molar-refractivity contribution in [2.24, 2.45) is 7.05 Å². The van der Waals surface area contributed by atoms with E-state index in [1.807, 2.05) is 30.3 Å². The Kier molecular flexibility index (Phi) is 12.5. The Bertz CT molecular complexity index is 1680. The minimum absolute atomic E-state index is 0.142. The third-order valence-corrected chi connectivity index (χ3v) is 8.44. The fourth-order valence-electron chi connectivity index (χ4n) is 5.88. The molecule has 2 heterocycles. The molecular formula is C36H45N7O7. The molecule has 0 saturated carbocycles. The van der Waals surface area contributed by atoms with Crippen LogP contribution in [0.1, 0.15) is 56.5 Å². The zero-order valence-corrected chi connectivity index (χ0v) is 29.0. The molecular weight excluding hydrogens is 642 g/mol. The highest BCUT2D eigenvalue weighted by atomic mass is 16.5. The lowest BCUT2D eigenvalue weighted by molar-refractivity contribution is -0.145. The van der Waals surface area contributed by atoms with E-state index in [9.17, 15) is 28.8 Å². The largest absolute Gasteiger partial charge is 0.467 e. The zero-order chi connectivity index (χ0) is 36.4. The molecule has 4 rings (SSSR count). The lowest BCUT2D eigenvalue weighted by atomic mass is 9.99. The average molecular weight is 688 g/mol. The summed E-state index contributed by atoms with van der Waals surface area (Å²) >= 11 is 0. The van der Waals surface area contributed by atoms with Crippen LogP contribution in [0.2, 0.25) is 0 Å². The van der Waals surface area contributed by atoms with E-state index in [2.05, 4.69) is 26.3 Å². The second-order valence-electron chi connectivity index (χ2n) is 12.9. The molecule has 1 fully saturated rings. The molecule has 3 aromatic rings. The van der Waals surface area contributed by atoms with Gasteiger partial charge in [-0.05, 0) is 37.8 Å². The topological polar surface area (TPSA) is 181 Å². The maximum absolute atomic E-state index is 13.8. The van der Waals surface area contributed by atoms with Crippen molar-refractivity contribution in [3.63, 3.8) is 0 Å². The number of esters is 1. The number of nitrogens with zero attached hydrogens (tertiary/aromatic N) is 3. The van der Waals surface area contributed by atoms with Gasteiger partial charge in [0.25, 0.3) is 0 Å².